The van der Waals surface area contributed by atoms with Gasteiger partial charge < -0.3 is 0 Å². The Morgan fingerprint density at radius 2 is 1.85 bits per heavy atom. The smallest absolute Gasteiger partial charge is 0.293 e. The number of alkyl halides is 2. The maximum Gasteiger partial charge on any atom is 0.296 e. The molecule has 1 rings (SSSR count). The number of hydrogen-bond donors (Lipinski definition) is 0. The van der Waals surface area contributed by atoms with Crippen LogP contribution in [-0.4, -0.2) is 12.2 Å². The molecular formula is C10H16F2O. The molecule has 1 saturated carbocycles. The maximum absolute atomic E-state index is 12.1. The second-order valence-corrected chi connectivity index (χ2v) is 4.17. The summed E-state index contributed by atoms with van der Waals surface area (Å²) in [6.07, 6.45) is -0.575. The Labute approximate surface area is 77.5 Å². The summed E-state index contributed by atoms with van der Waals surface area (Å²) in [6.45, 7) is 4.16. The van der Waals surface area contributed by atoms with Crippen LogP contribution in [-0.2, 0) is 4.79 Å². The summed E-state index contributed by atoms with van der Waals surface area (Å²) in [5.74, 6) is -0.256. The van der Waals surface area contributed by atoms with Crippen molar-refractivity contribution in [2.24, 2.45) is 17.8 Å². The normalized spacial score (nSPS) is 35.0. The van der Waals surface area contributed by atoms with Crippen LogP contribution >= 0.6 is 0 Å². The van der Waals surface area contributed by atoms with Crippen molar-refractivity contribution in [1.29, 1.82) is 0 Å². The minimum Gasteiger partial charge on any atom is -0.293 e. The van der Waals surface area contributed by atoms with E-state index in [1.54, 1.807) is 0 Å². The van der Waals surface area contributed by atoms with Gasteiger partial charge in [-0.05, 0) is 31.1 Å². The molecule has 1 nitrogen and oxygen atoms in total. The van der Waals surface area contributed by atoms with Crippen molar-refractivity contribution in [2.75, 3.05) is 0 Å². The molecule has 3 atom stereocenters. The number of carbonyl (C=O) groups excluding carboxylic acids is 1. The SMILES string of the molecule is CC1CCC(C(=O)C(F)F)CC1C. The molecular weight excluding hydrogens is 174 g/mol. The van der Waals surface area contributed by atoms with E-state index in [-0.39, 0.29) is 5.92 Å². The van der Waals surface area contributed by atoms with E-state index in [1.807, 2.05) is 6.92 Å². The number of halogens is 2. The zero-order chi connectivity index (χ0) is 10.0. The van der Waals surface area contributed by atoms with Crippen LogP contribution in [0.4, 0.5) is 8.78 Å². The first-order valence-corrected chi connectivity index (χ1v) is 4.84. The molecule has 0 aliphatic heterocycles. The van der Waals surface area contributed by atoms with Crippen LogP contribution < -0.4 is 0 Å². The lowest BCUT2D eigenvalue weighted by atomic mass is 9.74. The molecule has 76 valence electrons. The maximum atomic E-state index is 12.1. The third kappa shape index (κ3) is 2.48. The van der Waals surface area contributed by atoms with Crippen molar-refractivity contribution in [3.05, 3.63) is 0 Å². The lowest BCUT2D eigenvalue weighted by Crippen LogP contribution is -2.29. The van der Waals surface area contributed by atoms with E-state index < -0.39 is 12.2 Å². The summed E-state index contributed by atoms with van der Waals surface area (Å²) in [5.41, 5.74) is 0. The Morgan fingerprint density at radius 3 is 2.31 bits per heavy atom. The summed E-state index contributed by atoms with van der Waals surface area (Å²) in [4.78, 5) is 11.0. The van der Waals surface area contributed by atoms with E-state index in [9.17, 15) is 13.6 Å². The van der Waals surface area contributed by atoms with Crippen LogP contribution in [0.15, 0.2) is 0 Å². The zero-order valence-electron chi connectivity index (χ0n) is 8.09. The van der Waals surface area contributed by atoms with Gasteiger partial charge in [-0.3, -0.25) is 4.79 Å². The fraction of sp³-hybridized carbons (Fsp3) is 0.900. The van der Waals surface area contributed by atoms with Crippen LogP contribution in [0.25, 0.3) is 0 Å². The van der Waals surface area contributed by atoms with Gasteiger partial charge in [0.25, 0.3) is 6.43 Å². The van der Waals surface area contributed by atoms with Gasteiger partial charge in [0.05, 0.1) is 0 Å². The molecule has 13 heavy (non-hydrogen) atoms. The number of hydrogen-bond acceptors (Lipinski definition) is 1. The highest BCUT2D eigenvalue weighted by Crippen LogP contribution is 2.34. The summed E-state index contributed by atoms with van der Waals surface area (Å²) >= 11 is 0. The van der Waals surface area contributed by atoms with Gasteiger partial charge >= 0.3 is 0 Å². The quantitative estimate of drug-likeness (QED) is 0.654. The van der Waals surface area contributed by atoms with Crippen molar-refractivity contribution in [1.82, 2.24) is 0 Å². The third-order valence-electron chi connectivity index (χ3n) is 3.22. The van der Waals surface area contributed by atoms with Gasteiger partial charge in [0, 0.05) is 5.92 Å². The molecule has 3 unspecified atom stereocenters. The van der Waals surface area contributed by atoms with Crippen molar-refractivity contribution >= 4 is 5.78 Å². The molecule has 0 aromatic rings. The molecule has 0 aromatic carbocycles. The molecule has 0 saturated heterocycles. The largest absolute Gasteiger partial charge is 0.296 e. The van der Waals surface area contributed by atoms with Crippen LogP contribution in [0, 0.1) is 17.8 Å². The minimum atomic E-state index is -2.77. The second kappa shape index (κ2) is 4.16. The zero-order valence-corrected chi connectivity index (χ0v) is 8.09. The molecule has 0 spiro atoms. The Hall–Kier alpha value is -0.470. The summed E-state index contributed by atoms with van der Waals surface area (Å²) < 4.78 is 24.2. The van der Waals surface area contributed by atoms with E-state index in [0.29, 0.717) is 24.7 Å². The molecule has 1 aliphatic carbocycles. The Bertz CT molecular complexity index is 191. The molecule has 0 heterocycles. The van der Waals surface area contributed by atoms with E-state index in [1.165, 1.54) is 0 Å². The van der Waals surface area contributed by atoms with Crippen LogP contribution in [0.3, 0.4) is 0 Å². The Balaban J connectivity index is 2.50. The monoisotopic (exact) mass is 190 g/mol. The predicted molar refractivity (Wildman–Crippen MR) is 46.7 cm³/mol. The standard InChI is InChI=1S/C10H16F2O/c1-6-3-4-8(5-7(6)2)9(13)10(11)12/h6-8,10H,3-5H2,1-2H3. The van der Waals surface area contributed by atoms with E-state index in [2.05, 4.69) is 6.92 Å². The molecule has 3 heteroatoms. The van der Waals surface area contributed by atoms with E-state index in [0.717, 1.165) is 6.42 Å². The van der Waals surface area contributed by atoms with Crippen molar-refractivity contribution in [2.45, 2.75) is 39.5 Å². The fourth-order valence-electron chi connectivity index (χ4n) is 1.98. The van der Waals surface area contributed by atoms with Crippen LogP contribution in [0.5, 0.6) is 0 Å². The molecule has 1 aliphatic rings. The van der Waals surface area contributed by atoms with E-state index >= 15 is 0 Å². The summed E-state index contributed by atoms with van der Waals surface area (Å²) in [6, 6.07) is 0. The number of carbonyl (C=O) groups is 1. The van der Waals surface area contributed by atoms with Crippen molar-refractivity contribution in [3.8, 4) is 0 Å². The van der Waals surface area contributed by atoms with Gasteiger partial charge in [-0.1, -0.05) is 13.8 Å². The second-order valence-electron chi connectivity index (χ2n) is 4.17. The van der Waals surface area contributed by atoms with Gasteiger partial charge in [-0.25, -0.2) is 8.78 Å². The first-order chi connectivity index (χ1) is 6.02. The number of Topliss-reactive ketones (excluding diaryl/α,β-unsaturated/α-hetero) is 1. The molecule has 0 amide bonds. The fourth-order valence-corrected chi connectivity index (χ4v) is 1.98. The highest BCUT2D eigenvalue weighted by atomic mass is 19.3. The van der Waals surface area contributed by atoms with Crippen molar-refractivity contribution in [3.63, 3.8) is 0 Å². The van der Waals surface area contributed by atoms with Crippen molar-refractivity contribution < 1.29 is 13.6 Å². The Kier molecular flexibility index (Phi) is 3.40. The molecule has 0 aromatic heterocycles. The summed E-state index contributed by atoms with van der Waals surface area (Å²) in [5, 5.41) is 0. The van der Waals surface area contributed by atoms with Gasteiger partial charge in [-0.15, -0.1) is 0 Å². The predicted octanol–water partition coefficient (Wildman–Crippen LogP) is 2.89. The number of ketones is 1. The van der Waals surface area contributed by atoms with Crippen LogP contribution in [0.1, 0.15) is 33.1 Å². The third-order valence-corrected chi connectivity index (χ3v) is 3.22. The lowest BCUT2D eigenvalue weighted by Gasteiger charge is -2.30. The molecule has 0 N–H and O–H groups in total. The minimum absolute atomic E-state index is 0.383. The lowest BCUT2D eigenvalue weighted by molar-refractivity contribution is -0.135. The topological polar surface area (TPSA) is 17.1 Å². The average molecular weight is 190 g/mol. The van der Waals surface area contributed by atoms with Gasteiger partial charge in [0.2, 0.25) is 5.78 Å². The van der Waals surface area contributed by atoms with E-state index in [4.69, 9.17) is 0 Å². The summed E-state index contributed by atoms with van der Waals surface area (Å²) in [7, 11) is 0. The molecule has 0 radical (unpaired) electrons. The molecule has 1 fully saturated rings. The average Bonchev–Trinajstić information content (AvgIpc) is 2.08. The van der Waals surface area contributed by atoms with Gasteiger partial charge in [0.15, 0.2) is 0 Å². The highest BCUT2D eigenvalue weighted by Gasteiger charge is 2.32. The molecule has 0 bridgehead atoms. The number of rotatable bonds is 2. The Morgan fingerprint density at radius 1 is 1.23 bits per heavy atom. The van der Waals surface area contributed by atoms with Gasteiger partial charge in [-0.2, -0.15) is 0 Å². The van der Waals surface area contributed by atoms with Gasteiger partial charge in [0.1, 0.15) is 0 Å². The van der Waals surface area contributed by atoms with Crippen LogP contribution in [0.2, 0.25) is 0 Å². The first kappa shape index (κ1) is 10.6. The highest BCUT2D eigenvalue weighted by molar-refractivity contribution is 5.84. The first-order valence-electron chi connectivity index (χ1n) is 4.84.